The zero-order valence-electron chi connectivity index (χ0n) is 16.7. The molecule has 0 radical (unpaired) electrons. The van der Waals surface area contributed by atoms with E-state index in [2.05, 4.69) is 25.3 Å². The fraction of sp³-hybridized carbons (Fsp3) is 0.222. The van der Waals surface area contributed by atoms with E-state index in [0.29, 0.717) is 17.1 Å². The number of hydrogen-bond donors (Lipinski definition) is 2. The second kappa shape index (κ2) is 8.63. The smallest absolute Gasteiger partial charge is 0.413 e. The Bertz CT molecular complexity index is 1250. The van der Waals surface area contributed by atoms with Gasteiger partial charge in [-0.25, -0.2) is 31.7 Å². The van der Waals surface area contributed by atoms with Gasteiger partial charge >= 0.3 is 6.09 Å². The van der Waals surface area contributed by atoms with Crippen molar-refractivity contribution in [3.05, 3.63) is 53.2 Å². The van der Waals surface area contributed by atoms with Crippen molar-refractivity contribution in [1.29, 1.82) is 0 Å². The lowest BCUT2D eigenvalue weighted by atomic mass is 10.2. The first kappa shape index (κ1) is 22.1. The average Bonchev–Trinajstić information content (AvgIpc) is 3.03. The Balaban J connectivity index is 1.77. The molecule has 0 aliphatic carbocycles. The van der Waals surface area contributed by atoms with E-state index in [1.54, 1.807) is 6.92 Å². The summed E-state index contributed by atoms with van der Waals surface area (Å²) in [5.41, 5.74) is 1.07. The summed E-state index contributed by atoms with van der Waals surface area (Å²) in [4.78, 5) is 16.5. The predicted molar refractivity (Wildman–Crippen MR) is 108 cm³/mol. The summed E-state index contributed by atoms with van der Waals surface area (Å²) in [6.45, 7) is 1.11. The molecule has 164 valence electrons. The minimum atomic E-state index is -3.48. The normalized spacial score (nSPS) is 11.3. The molecular formula is C18H18F2N6O4S. The largest absolute Gasteiger partial charge is 0.444 e. The lowest BCUT2D eigenvalue weighted by Gasteiger charge is -2.10. The fourth-order valence-electron chi connectivity index (χ4n) is 2.60. The maximum absolute atomic E-state index is 13.7. The standard InChI is InChI=1S/C18H18F2N6O4S/c1-10-14(24-31(3,28)29)6-7-15(21-10)16-17(26(2)25-23-16)22-18(27)30-9-11-8-12(19)4-5-13(11)20/h4-8,24H,9H2,1-3H3,(H,22,27). The molecular weight excluding hydrogens is 434 g/mol. The van der Waals surface area contributed by atoms with Crippen molar-refractivity contribution in [3.63, 3.8) is 0 Å². The van der Waals surface area contributed by atoms with Crippen LogP contribution >= 0.6 is 0 Å². The Morgan fingerprint density at radius 1 is 1.23 bits per heavy atom. The molecule has 31 heavy (non-hydrogen) atoms. The summed E-state index contributed by atoms with van der Waals surface area (Å²) in [6.07, 6.45) is 0.0780. The number of carbonyl (C=O) groups excluding carboxylic acids is 1. The molecule has 3 rings (SSSR count). The number of sulfonamides is 1. The Hall–Kier alpha value is -3.61. The highest BCUT2D eigenvalue weighted by Gasteiger charge is 2.19. The molecule has 1 aromatic carbocycles. The van der Waals surface area contributed by atoms with Gasteiger partial charge in [-0.1, -0.05) is 5.21 Å². The molecule has 3 aromatic rings. The molecule has 13 heteroatoms. The number of hydrogen-bond acceptors (Lipinski definition) is 7. The predicted octanol–water partition coefficient (Wildman–Crippen LogP) is 2.58. The lowest BCUT2D eigenvalue weighted by Crippen LogP contribution is -2.17. The van der Waals surface area contributed by atoms with E-state index in [1.807, 2.05) is 0 Å². The molecule has 10 nitrogen and oxygen atoms in total. The van der Waals surface area contributed by atoms with Crippen LogP contribution in [-0.2, 0) is 28.4 Å². The Morgan fingerprint density at radius 2 is 1.97 bits per heavy atom. The third kappa shape index (κ3) is 5.51. The Kier molecular flexibility index (Phi) is 6.15. The van der Waals surface area contributed by atoms with Gasteiger partial charge in [0, 0.05) is 12.6 Å². The van der Waals surface area contributed by atoms with Crippen molar-refractivity contribution in [2.24, 2.45) is 7.05 Å². The van der Waals surface area contributed by atoms with Crippen LogP contribution in [0.5, 0.6) is 0 Å². The molecule has 2 N–H and O–H groups in total. The number of anilines is 2. The highest BCUT2D eigenvalue weighted by Crippen LogP contribution is 2.26. The average molecular weight is 452 g/mol. The first-order chi connectivity index (χ1) is 14.5. The van der Waals surface area contributed by atoms with E-state index >= 15 is 0 Å². The maximum atomic E-state index is 13.7. The van der Waals surface area contributed by atoms with Crippen LogP contribution in [0.1, 0.15) is 11.3 Å². The highest BCUT2D eigenvalue weighted by molar-refractivity contribution is 7.92. The summed E-state index contributed by atoms with van der Waals surface area (Å²) in [7, 11) is -1.96. The minimum absolute atomic E-state index is 0.121. The number of amides is 1. The molecule has 0 aliphatic rings. The number of ether oxygens (including phenoxy) is 1. The van der Waals surface area contributed by atoms with Crippen LogP contribution in [0.25, 0.3) is 11.4 Å². The van der Waals surface area contributed by atoms with Crippen molar-refractivity contribution in [3.8, 4) is 11.4 Å². The maximum Gasteiger partial charge on any atom is 0.413 e. The molecule has 0 atom stereocenters. The van der Waals surface area contributed by atoms with Gasteiger partial charge < -0.3 is 4.74 Å². The van der Waals surface area contributed by atoms with Crippen LogP contribution in [0.4, 0.5) is 25.1 Å². The van der Waals surface area contributed by atoms with Crippen LogP contribution < -0.4 is 10.0 Å². The highest BCUT2D eigenvalue weighted by atomic mass is 32.2. The van der Waals surface area contributed by atoms with Gasteiger partial charge in [0.1, 0.15) is 18.2 Å². The van der Waals surface area contributed by atoms with Crippen LogP contribution in [0.2, 0.25) is 0 Å². The lowest BCUT2D eigenvalue weighted by molar-refractivity contribution is 0.153. The molecule has 2 aromatic heterocycles. The number of halogens is 2. The van der Waals surface area contributed by atoms with Gasteiger partial charge in [0.2, 0.25) is 10.0 Å². The van der Waals surface area contributed by atoms with Crippen molar-refractivity contribution >= 4 is 27.6 Å². The number of carbonyl (C=O) groups is 1. The minimum Gasteiger partial charge on any atom is -0.444 e. The number of aryl methyl sites for hydroxylation is 2. The first-order valence-electron chi connectivity index (χ1n) is 8.76. The van der Waals surface area contributed by atoms with E-state index in [4.69, 9.17) is 4.74 Å². The number of rotatable bonds is 6. The van der Waals surface area contributed by atoms with Crippen LogP contribution in [0.15, 0.2) is 30.3 Å². The topological polar surface area (TPSA) is 128 Å². The number of nitrogens with one attached hydrogen (secondary N) is 2. The molecule has 0 aliphatic heterocycles. The molecule has 0 fully saturated rings. The molecule has 2 heterocycles. The van der Waals surface area contributed by atoms with Gasteiger partial charge in [-0.2, -0.15) is 0 Å². The van der Waals surface area contributed by atoms with E-state index < -0.39 is 34.4 Å². The number of nitrogens with zero attached hydrogens (tertiary/aromatic N) is 4. The fourth-order valence-corrected chi connectivity index (χ4v) is 3.22. The van der Waals surface area contributed by atoms with Gasteiger partial charge in [-0.05, 0) is 37.3 Å². The Morgan fingerprint density at radius 3 is 2.65 bits per heavy atom. The molecule has 0 saturated heterocycles. The SMILES string of the molecule is Cc1nc(-c2nnn(C)c2NC(=O)OCc2cc(F)ccc2F)ccc1NS(C)(=O)=O. The van der Waals surface area contributed by atoms with Crippen molar-refractivity contribution in [2.75, 3.05) is 16.3 Å². The quantitative estimate of drug-likeness (QED) is 0.588. The van der Waals surface area contributed by atoms with Gasteiger partial charge in [0.25, 0.3) is 0 Å². The van der Waals surface area contributed by atoms with Crippen molar-refractivity contribution in [1.82, 2.24) is 20.0 Å². The molecule has 0 bridgehead atoms. The summed E-state index contributed by atoms with van der Waals surface area (Å²) < 4.78 is 58.3. The number of aromatic nitrogens is 4. The number of benzene rings is 1. The van der Waals surface area contributed by atoms with E-state index in [9.17, 15) is 22.0 Å². The van der Waals surface area contributed by atoms with Gasteiger partial charge in [0.05, 0.1) is 23.3 Å². The molecule has 0 spiro atoms. The molecule has 0 saturated carbocycles. The van der Waals surface area contributed by atoms with Crippen molar-refractivity contribution in [2.45, 2.75) is 13.5 Å². The second-order valence-corrected chi connectivity index (χ2v) is 8.30. The van der Waals surface area contributed by atoms with E-state index in [-0.39, 0.29) is 17.1 Å². The Labute approximate surface area is 176 Å². The number of pyridine rings is 1. The third-order valence-corrected chi connectivity index (χ3v) is 4.63. The van der Waals surface area contributed by atoms with Crippen molar-refractivity contribution < 1.29 is 26.7 Å². The summed E-state index contributed by atoms with van der Waals surface area (Å²) >= 11 is 0. The molecule has 1 amide bonds. The van der Waals surface area contributed by atoms with Crippen LogP contribution in [0, 0.1) is 18.6 Å². The van der Waals surface area contributed by atoms with E-state index in [0.717, 1.165) is 24.5 Å². The van der Waals surface area contributed by atoms with Crippen LogP contribution in [0.3, 0.4) is 0 Å². The van der Waals surface area contributed by atoms with Gasteiger partial charge in [-0.15, -0.1) is 5.10 Å². The second-order valence-electron chi connectivity index (χ2n) is 6.55. The van der Waals surface area contributed by atoms with E-state index in [1.165, 1.54) is 23.9 Å². The van der Waals surface area contributed by atoms with Gasteiger partial charge in [0.15, 0.2) is 11.5 Å². The molecule has 0 unspecified atom stereocenters. The monoisotopic (exact) mass is 452 g/mol. The summed E-state index contributed by atoms with van der Waals surface area (Å²) in [6, 6.07) is 5.83. The van der Waals surface area contributed by atoms with Crippen LogP contribution in [-0.4, -0.2) is 40.7 Å². The zero-order chi connectivity index (χ0) is 22.8. The third-order valence-electron chi connectivity index (χ3n) is 4.04. The zero-order valence-corrected chi connectivity index (χ0v) is 17.5. The summed E-state index contributed by atoms with van der Waals surface area (Å²) in [5.74, 6) is -1.23. The first-order valence-corrected chi connectivity index (χ1v) is 10.7. The van der Waals surface area contributed by atoms with Gasteiger partial charge in [-0.3, -0.25) is 10.0 Å². The summed E-state index contributed by atoms with van der Waals surface area (Å²) in [5, 5.41) is 10.2.